The number of nitrogens with one attached hydrogen (secondary N) is 1. The van der Waals surface area contributed by atoms with Crippen molar-refractivity contribution >= 4 is 23.3 Å². The zero-order valence-electron chi connectivity index (χ0n) is 10.1. The Labute approximate surface area is 117 Å². The highest BCUT2D eigenvalue weighted by molar-refractivity contribution is 6.00. The molecule has 0 spiro atoms. The first-order chi connectivity index (χ1) is 9.91. The molecule has 1 amide bonds. The molecule has 0 radical (unpaired) electrons. The average Bonchev–Trinajstić information content (AvgIpc) is 2.40. The molecule has 0 aliphatic heterocycles. The smallest absolute Gasteiger partial charge is 0.413 e. The Morgan fingerprint density at radius 3 is 2.18 bits per heavy atom. The molecule has 1 rings (SSSR count). The Balaban J connectivity index is 3.15. The monoisotopic (exact) mass is 328 g/mol. The van der Waals surface area contributed by atoms with Gasteiger partial charge < -0.3 is 10.4 Å². The van der Waals surface area contributed by atoms with Crippen LogP contribution in [0.25, 0.3) is 0 Å². The van der Waals surface area contributed by atoms with E-state index < -0.39 is 45.8 Å². The van der Waals surface area contributed by atoms with E-state index in [1.54, 1.807) is 0 Å². The van der Waals surface area contributed by atoms with E-state index in [1.807, 2.05) is 0 Å². The van der Waals surface area contributed by atoms with Crippen LogP contribution in [0.2, 0.25) is 0 Å². The number of carboxylic acids is 1. The van der Waals surface area contributed by atoms with Gasteiger partial charge in [-0.05, 0) is 6.07 Å². The molecule has 0 aliphatic carbocycles. The van der Waals surface area contributed by atoms with Crippen LogP contribution in [-0.4, -0.2) is 33.8 Å². The minimum Gasteiger partial charge on any atom is -0.477 e. The van der Waals surface area contributed by atoms with Gasteiger partial charge in [0, 0.05) is 12.1 Å². The third kappa shape index (κ3) is 2.94. The summed E-state index contributed by atoms with van der Waals surface area (Å²) in [6.07, 6.45) is 0. The molecule has 0 atom stereocenters. The lowest BCUT2D eigenvalue weighted by Gasteiger charge is -2.21. The number of hydrogen-bond donors (Lipinski definition) is 2. The second-order valence-corrected chi connectivity index (χ2v) is 3.83. The van der Waals surface area contributed by atoms with Gasteiger partial charge >= 0.3 is 23.7 Å². The van der Waals surface area contributed by atoms with Crippen molar-refractivity contribution in [2.24, 2.45) is 0 Å². The van der Waals surface area contributed by atoms with Crippen LogP contribution in [0.1, 0.15) is 0 Å². The van der Waals surface area contributed by atoms with Crippen molar-refractivity contribution in [1.29, 1.82) is 0 Å². The summed E-state index contributed by atoms with van der Waals surface area (Å²) in [6, 6.07) is 1.37. The molecule has 0 aliphatic rings. The summed E-state index contributed by atoms with van der Waals surface area (Å²) in [5, 5.41) is 19.4. The number of benzene rings is 1. The maximum atomic E-state index is 13.3. The SMILES string of the molecule is O=C(O)C(F)(F)C(F)(F)C(=O)Nc1cc([N+](=O)[O-])ccc1F. The maximum Gasteiger partial charge on any atom is 0.413 e. The molecule has 0 fully saturated rings. The summed E-state index contributed by atoms with van der Waals surface area (Å²) >= 11 is 0. The number of halogens is 5. The van der Waals surface area contributed by atoms with Crippen LogP contribution in [-0.2, 0) is 9.59 Å². The van der Waals surface area contributed by atoms with Gasteiger partial charge in [0.15, 0.2) is 0 Å². The number of non-ortho nitro benzene ring substituents is 1. The number of nitro benzene ring substituents is 1. The third-order valence-corrected chi connectivity index (χ3v) is 2.36. The Kier molecular flexibility index (Phi) is 4.34. The fourth-order valence-electron chi connectivity index (χ4n) is 1.20. The number of carbonyl (C=O) groups excluding carboxylic acids is 1. The van der Waals surface area contributed by atoms with Crippen molar-refractivity contribution in [3.05, 3.63) is 34.1 Å². The molecule has 22 heavy (non-hydrogen) atoms. The van der Waals surface area contributed by atoms with E-state index in [0.29, 0.717) is 18.2 Å². The van der Waals surface area contributed by atoms with Gasteiger partial charge in [0.1, 0.15) is 5.82 Å². The standard InChI is InChI=1S/C10H5F5N2O5/c11-5-2-1-4(17(21)22)3-6(5)16-7(18)9(12,13)10(14,15)8(19)20/h1-3H,(H,16,18)(H,19,20). The molecule has 0 saturated carbocycles. The van der Waals surface area contributed by atoms with Crippen LogP contribution >= 0.6 is 0 Å². The first-order valence-corrected chi connectivity index (χ1v) is 5.15. The highest BCUT2D eigenvalue weighted by Crippen LogP contribution is 2.36. The number of carbonyl (C=O) groups is 2. The quantitative estimate of drug-likeness (QED) is 0.488. The van der Waals surface area contributed by atoms with Crippen molar-refractivity contribution in [3.63, 3.8) is 0 Å². The van der Waals surface area contributed by atoms with Crippen LogP contribution in [0.15, 0.2) is 18.2 Å². The lowest BCUT2D eigenvalue weighted by Crippen LogP contribution is -2.54. The number of nitrogens with zero attached hydrogens (tertiary/aromatic N) is 1. The van der Waals surface area contributed by atoms with Crippen molar-refractivity contribution in [2.45, 2.75) is 11.8 Å². The van der Waals surface area contributed by atoms with Crippen LogP contribution in [0.5, 0.6) is 0 Å². The van der Waals surface area contributed by atoms with E-state index in [9.17, 15) is 41.7 Å². The summed E-state index contributed by atoms with van der Waals surface area (Å²) < 4.78 is 65.0. The highest BCUT2D eigenvalue weighted by Gasteiger charge is 2.67. The number of nitro groups is 1. The Morgan fingerprint density at radius 1 is 1.18 bits per heavy atom. The predicted molar refractivity (Wildman–Crippen MR) is 59.2 cm³/mol. The molecule has 7 nitrogen and oxygen atoms in total. The Morgan fingerprint density at radius 2 is 1.73 bits per heavy atom. The van der Waals surface area contributed by atoms with Gasteiger partial charge in [-0.1, -0.05) is 0 Å². The number of carboxylic acid groups (broad SMARTS) is 1. The number of hydrogen-bond acceptors (Lipinski definition) is 4. The maximum absolute atomic E-state index is 13.3. The Hall–Kier alpha value is -2.79. The second kappa shape index (κ2) is 5.54. The zero-order chi connectivity index (χ0) is 17.3. The van der Waals surface area contributed by atoms with E-state index in [2.05, 4.69) is 0 Å². The van der Waals surface area contributed by atoms with Crippen LogP contribution < -0.4 is 5.32 Å². The van der Waals surface area contributed by atoms with Crippen molar-refractivity contribution in [3.8, 4) is 0 Å². The molecule has 0 bridgehead atoms. The van der Waals surface area contributed by atoms with Gasteiger partial charge in [0.05, 0.1) is 10.6 Å². The fourth-order valence-corrected chi connectivity index (χ4v) is 1.20. The molecule has 12 heteroatoms. The lowest BCUT2D eigenvalue weighted by atomic mass is 10.1. The van der Waals surface area contributed by atoms with Crippen molar-refractivity contribution in [1.82, 2.24) is 0 Å². The van der Waals surface area contributed by atoms with E-state index in [1.165, 1.54) is 0 Å². The Bertz CT molecular complexity index is 649. The first-order valence-electron chi connectivity index (χ1n) is 5.15. The summed E-state index contributed by atoms with van der Waals surface area (Å²) in [7, 11) is 0. The number of amides is 1. The highest BCUT2D eigenvalue weighted by atomic mass is 19.3. The van der Waals surface area contributed by atoms with Crippen LogP contribution in [0, 0.1) is 15.9 Å². The summed E-state index contributed by atoms with van der Waals surface area (Å²) in [5.41, 5.74) is -2.00. The number of alkyl halides is 4. The first kappa shape index (κ1) is 17.3. The number of rotatable bonds is 5. The van der Waals surface area contributed by atoms with Crippen LogP contribution in [0.4, 0.5) is 33.3 Å². The zero-order valence-corrected chi connectivity index (χ0v) is 10.1. The average molecular weight is 328 g/mol. The van der Waals surface area contributed by atoms with E-state index in [4.69, 9.17) is 5.11 Å². The molecule has 1 aromatic rings. The van der Waals surface area contributed by atoms with E-state index >= 15 is 0 Å². The van der Waals surface area contributed by atoms with Gasteiger partial charge in [0.25, 0.3) is 5.69 Å². The van der Waals surface area contributed by atoms with Crippen LogP contribution in [0.3, 0.4) is 0 Å². The molecule has 1 aromatic carbocycles. The van der Waals surface area contributed by atoms with Crippen molar-refractivity contribution in [2.75, 3.05) is 5.32 Å². The summed E-state index contributed by atoms with van der Waals surface area (Å²) in [5.74, 6) is -19.0. The lowest BCUT2D eigenvalue weighted by molar-refractivity contribution is -0.384. The van der Waals surface area contributed by atoms with E-state index in [-0.39, 0.29) is 0 Å². The normalized spacial score (nSPS) is 11.9. The van der Waals surface area contributed by atoms with E-state index in [0.717, 1.165) is 5.32 Å². The molecular formula is C10H5F5N2O5. The molecule has 0 saturated heterocycles. The number of aliphatic carboxylic acids is 1. The second-order valence-electron chi connectivity index (χ2n) is 3.83. The molecule has 0 aromatic heterocycles. The predicted octanol–water partition coefficient (Wildman–Crippen LogP) is 2.03. The topological polar surface area (TPSA) is 110 Å². The van der Waals surface area contributed by atoms with Gasteiger partial charge in [-0.2, -0.15) is 17.6 Å². The molecule has 0 unspecified atom stereocenters. The largest absolute Gasteiger partial charge is 0.477 e. The van der Waals surface area contributed by atoms with Gasteiger partial charge in [-0.25, -0.2) is 9.18 Å². The van der Waals surface area contributed by atoms with Gasteiger partial charge in [-0.3, -0.25) is 14.9 Å². The molecule has 120 valence electrons. The minimum absolute atomic E-state index is 0.308. The third-order valence-electron chi connectivity index (χ3n) is 2.36. The number of anilines is 1. The molecular weight excluding hydrogens is 323 g/mol. The van der Waals surface area contributed by atoms with Gasteiger partial charge in [-0.15, -0.1) is 0 Å². The minimum atomic E-state index is -5.76. The summed E-state index contributed by atoms with van der Waals surface area (Å²) in [4.78, 5) is 30.5. The summed E-state index contributed by atoms with van der Waals surface area (Å²) in [6.45, 7) is 0. The van der Waals surface area contributed by atoms with Crippen molar-refractivity contribution < 1.29 is 41.6 Å². The van der Waals surface area contributed by atoms with Gasteiger partial charge in [0.2, 0.25) is 0 Å². The molecule has 0 heterocycles. The molecule has 2 N–H and O–H groups in total. The fraction of sp³-hybridized carbons (Fsp3) is 0.200.